The predicted molar refractivity (Wildman–Crippen MR) is 129 cm³/mol. The number of aromatic nitrogens is 3. The molecule has 5 rings (SSSR count). The molecule has 2 aromatic carbocycles. The Kier molecular flexibility index (Phi) is 5.90. The Labute approximate surface area is 189 Å². The summed E-state index contributed by atoms with van der Waals surface area (Å²) in [6, 6.07) is 28.0. The summed E-state index contributed by atoms with van der Waals surface area (Å²) in [5.41, 5.74) is 4.69. The van der Waals surface area contributed by atoms with Crippen molar-refractivity contribution in [1.29, 1.82) is 0 Å². The van der Waals surface area contributed by atoms with E-state index < -0.39 is 0 Å². The first-order chi connectivity index (χ1) is 15.8. The molecule has 0 amide bonds. The molecule has 3 heterocycles. The molecule has 1 saturated heterocycles. The van der Waals surface area contributed by atoms with Gasteiger partial charge in [-0.2, -0.15) is 0 Å². The van der Waals surface area contributed by atoms with Crippen molar-refractivity contribution < 1.29 is 0 Å². The van der Waals surface area contributed by atoms with Crippen LogP contribution in [0.25, 0.3) is 11.3 Å². The highest BCUT2D eigenvalue weighted by molar-refractivity contribution is 5.62. The highest BCUT2D eigenvalue weighted by atomic mass is 15.3. The second-order valence-corrected chi connectivity index (χ2v) is 8.14. The van der Waals surface area contributed by atoms with Crippen LogP contribution in [0.2, 0.25) is 0 Å². The van der Waals surface area contributed by atoms with Gasteiger partial charge in [-0.15, -0.1) is 0 Å². The molecule has 32 heavy (non-hydrogen) atoms. The van der Waals surface area contributed by atoms with Crippen LogP contribution in [-0.4, -0.2) is 46.0 Å². The molecule has 0 atom stereocenters. The topological polar surface area (TPSA) is 45.2 Å². The Morgan fingerprint density at radius 2 is 1.31 bits per heavy atom. The lowest BCUT2D eigenvalue weighted by Gasteiger charge is -2.40. The van der Waals surface area contributed by atoms with E-state index in [1.54, 1.807) is 12.4 Å². The van der Waals surface area contributed by atoms with E-state index in [4.69, 9.17) is 4.98 Å². The monoisotopic (exact) mass is 421 g/mol. The molecular formula is C27H27N5. The van der Waals surface area contributed by atoms with Gasteiger partial charge in [-0.3, -0.25) is 9.88 Å². The van der Waals surface area contributed by atoms with Crippen LogP contribution >= 0.6 is 0 Å². The van der Waals surface area contributed by atoms with E-state index in [1.807, 2.05) is 19.1 Å². The van der Waals surface area contributed by atoms with Crippen LogP contribution < -0.4 is 4.90 Å². The molecule has 2 aromatic heterocycles. The fraction of sp³-hybridized carbons (Fsp3) is 0.222. The normalized spacial score (nSPS) is 14.6. The van der Waals surface area contributed by atoms with Crippen LogP contribution in [0.4, 0.5) is 5.82 Å². The van der Waals surface area contributed by atoms with Gasteiger partial charge in [0.15, 0.2) is 0 Å². The summed E-state index contributed by atoms with van der Waals surface area (Å²) in [7, 11) is 0. The van der Waals surface area contributed by atoms with Crippen molar-refractivity contribution >= 4 is 5.82 Å². The number of pyridine rings is 1. The van der Waals surface area contributed by atoms with Gasteiger partial charge in [-0.05, 0) is 30.2 Å². The first-order valence-corrected chi connectivity index (χ1v) is 11.1. The minimum Gasteiger partial charge on any atom is -0.354 e. The molecule has 1 aliphatic rings. The second-order valence-electron chi connectivity index (χ2n) is 8.14. The van der Waals surface area contributed by atoms with Gasteiger partial charge in [0.1, 0.15) is 11.6 Å². The zero-order valence-electron chi connectivity index (χ0n) is 18.3. The van der Waals surface area contributed by atoms with Crippen molar-refractivity contribution in [3.05, 3.63) is 108 Å². The van der Waals surface area contributed by atoms with E-state index in [1.165, 1.54) is 11.1 Å². The summed E-state index contributed by atoms with van der Waals surface area (Å²) in [5, 5.41) is 0. The lowest BCUT2D eigenvalue weighted by Crippen LogP contribution is -2.48. The van der Waals surface area contributed by atoms with E-state index in [0.717, 1.165) is 49.1 Å². The molecule has 0 radical (unpaired) electrons. The maximum absolute atomic E-state index is 4.75. The third-order valence-electron chi connectivity index (χ3n) is 6.03. The molecule has 0 aliphatic carbocycles. The van der Waals surface area contributed by atoms with E-state index >= 15 is 0 Å². The molecule has 0 N–H and O–H groups in total. The van der Waals surface area contributed by atoms with Crippen molar-refractivity contribution in [3.8, 4) is 11.3 Å². The minimum atomic E-state index is 0.263. The average molecular weight is 422 g/mol. The van der Waals surface area contributed by atoms with Gasteiger partial charge < -0.3 is 4.90 Å². The smallest absolute Gasteiger partial charge is 0.132 e. The zero-order valence-corrected chi connectivity index (χ0v) is 18.3. The summed E-state index contributed by atoms with van der Waals surface area (Å²) < 4.78 is 0. The average Bonchev–Trinajstić information content (AvgIpc) is 2.86. The Balaban J connectivity index is 1.37. The summed E-state index contributed by atoms with van der Waals surface area (Å²) >= 11 is 0. The fourth-order valence-electron chi connectivity index (χ4n) is 4.48. The van der Waals surface area contributed by atoms with Crippen LogP contribution in [0.1, 0.15) is 23.0 Å². The molecule has 5 nitrogen and oxygen atoms in total. The number of nitrogens with zero attached hydrogens (tertiary/aromatic N) is 5. The van der Waals surface area contributed by atoms with Gasteiger partial charge in [0.05, 0.1) is 11.7 Å². The predicted octanol–water partition coefficient (Wildman–Crippen LogP) is 4.76. The molecule has 0 bridgehead atoms. The second kappa shape index (κ2) is 9.28. The Bertz CT molecular complexity index is 1100. The summed E-state index contributed by atoms with van der Waals surface area (Å²) in [4.78, 5) is 18.5. The largest absolute Gasteiger partial charge is 0.354 e. The van der Waals surface area contributed by atoms with Crippen LogP contribution in [-0.2, 0) is 0 Å². The van der Waals surface area contributed by atoms with E-state index in [2.05, 4.69) is 86.5 Å². The van der Waals surface area contributed by atoms with Gasteiger partial charge in [0.2, 0.25) is 0 Å². The zero-order chi connectivity index (χ0) is 21.8. The molecule has 160 valence electrons. The van der Waals surface area contributed by atoms with Gasteiger partial charge in [-0.25, -0.2) is 9.97 Å². The van der Waals surface area contributed by atoms with Crippen LogP contribution in [0.5, 0.6) is 0 Å². The minimum absolute atomic E-state index is 0.263. The number of hydrogen-bond acceptors (Lipinski definition) is 5. The first kappa shape index (κ1) is 20.3. The number of aryl methyl sites for hydroxylation is 1. The Hall–Kier alpha value is -3.57. The number of piperazine rings is 1. The highest BCUT2D eigenvalue weighted by Gasteiger charge is 2.27. The van der Waals surface area contributed by atoms with Crippen molar-refractivity contribution in [3.63, 3.8) is 0 Å². The van der Waals surface area contributed by atoms with Crippen LogP contribution in [0.3, 0.4) is 0 Å². The van der Waals surface area contributed by atoms with Crippen molar-refractivity contribution in [2.24, 2.45) is 0 Å². The van der Waals surface area contributed by atoms with Crippen molar-refractivity contribution in [1.82, 2.24) is 19.9 Å². The van der Waals surface area contributed by atoms with Crippen molar-refractivity contribution in [2.75, 3.05) is 31.1 Å². The number of rotatable bonds is 5. The fourth-order valence-corrected chi connectivity index (χ4v) is 4.48. The SMILES string of the molecule is Cc1nc(-c2ccncc2)cc(N2CCN(C(c3ccccc3)c3ccccc3)CC2)n1. The Morgan fingerprint density at radius 3 is 1.91 bits per heavy atom. The first-order valence-electron chi connectivity index (χ1n) is 11.1. The standard InChI is InChI=1S/C27H27N5/c1-21-29-25(22-12-14-28-15-13-22)20-26(30-21)31-16-18-32(19-17-31)27(23-8-4-2-5-9-23)24-10-6-3-7-11-24/h2-15,20,27H,16-19H2,1H3. The molecule has 0 unspecified atom stereocenters. The third-order valence-corrected chi connectivity index (χ3v) is 6.03. The molecule has 0 saturated carbocycles. The highest BCUT2D eigenvalue weighted by Crippen LogP contribution is 2.30. The van der Waals surface area contributed by atoms with Crippen LogP contribution in [0, 0.1) is 6.92 Å². The van der Waals surface area contributed by atoms with Gasteiger partial charge >= 0.3 is 0 Å². The van der Waals surface area contributed by atoms with Crippen molar-refractivity contribution in [2.45, 2.75) is 13.0 Å². The Morgan fingerprint density at radius 1 is 0.719 bits per heavy atom. The quantitative estimate of drug-likeness (QED) is 0.465. The lowest BCUT2D eigenvalue weighted by atomic mass is 9.96. The lowest BCUT2D eigenvalue weighted by molar-refractivity contribution is 0.212. The number of hydrogen-bond donors (Lipinski definition) is 0. The molecule has 4 aromatic rings. The molecule has 1 aliphatic heterocycles. The summed E-state index contributed by atoms with van der Waals surface area (Å²) in [5.74, 6) is 1.79. The van der Waals surface area contributed by atoms with Gasteiger partial charge in [0, 0.05) is 50.2 Å². The van der Waals surface area contributed by atoms with Crippen LogP contribution in [0.15, 0.2) is 91.3 Å². The maximum Gasteiger partial charge on any atom is 0.132 e. The number of anilines is 1. The van der Waals surface area contributed by atoms with Gasteiger partial charge in [-0.1, -0.05) is 60.7 Å². The molecule has 1 fully saturated rings. The number of benzene rings is 2. The van der Waals surface area contributed by atoms with E-state index in [-0.39, 0.29) is 6.04 Å². The molecule has 5 heteroatoms. The third kappa shape index (κ3) is 4.39. The summed E-state index contributed by atoms with van der Waals surface area (Å²) in [6.45, 7) is 5.78. The molecule has 0 spiro atoms. The van der Waals surface area contributed by atoms with E-state index in [9.17, 15) is 0 Å². The summed E-state index contributed by atoms with van der Waals surface area (Å²) in [6.07, 6.45) is 3.61. The van der Waals surface area contributed by atoms with Gasteiger partial charge in [0.25, 0.3) is 0 Å². The van der Waals surface area contributed by atoms with E-state index in [0.29, 0.717) is 0 Å². The maximum atomic E-state index is 4.75. The molecular weight excluding hydrogens is 394 g/mol.